The lowest BCUT2D eigenvalue weighted by Gasteiger charge is -1.74. The highest BCUT2D eigenvalue weighted by Gasteiger charge is 2.02. The van der Waals surface area contributed by atoms with Gasteiger partial charge in [-0.3, -0.25) is 4.57 Å². The molecule has 0 aliphatic heterocycles. The number of hydrogen-bond donors (Lipinski definition) is 1. The third-order valence-electron chi connectivity index (χ3n) is 0.331. The quantitative estimate of drug-likeness (QED) is 0.686. The molecule has 0 unspecified atom stereocenters. The van der Waals surface area contributed by atoms with E-state index >= 15 is 0 Å². The number of rotatable bonds is 0. The molecule has 1 rings (SSSR count). The molecule has 10 heavy (non-hydrogen) atoms. The van der Waals surface area contributed by atoms with E-state index in [1.807, 2.05) is 0 Å². The van der Waals surface area contributed by atoms with Crippen molar-refractivity contribution in [3.63, 3.8) is 0 Å². The second-order valence-electron chi connectivity index (χ2n) is 1.06. The van der Waals surface area contributed by atoms with Crippen molar-refractivity contribution in [2.75, 3.05) is 0 Å². The Kier molecular flexibility index (Phi) is 5.09. The zero-order valence-electron chi connectivity index (χ0n) is 4.54. The van der Waals surface area contributed by atoms with Crippen LogP contribution >= 0.6 is 38.9 Å². The average molecular weight is 222 g/mol. The first-order chi connectivity index (χ1) is 4.50. The van der Waals surface area contributed by atoms with Crippen molar-refractivity contribution in [3.05, 3.63) is 12.4 Å². The third-order valence-corrected chi connectivity index (χ3v) is 0.331. The molecule has 0 saturated carbocycles. The van der Waals surface area contributed by atoms with Gasteiger partial charge in [0.05, 0.1) is 12.4 Å². The van der Waals surface area contributed by atoms with Crippen LogP contribution in [0, 0.1) is 0 Å². The number of halogens is 3. The summed E-state index contributed by atoms with van der Waals surface area (Å²) in [6.07, 6.45) is 3.17. The van der Waals surface area contributed by atoms with Gasteiger partial charge >= 0.3 is 5.20 Å². The van der Waals surface area contributed by atoms with Crippen LogP contribution in [0.4, 0.5) is 0 Å². The monoisotopic (exact) mass is 221 g/mol. The highest BCUT2D eigenvalue weighted by molar-refractivity contribution is 8.24. The molecule has 0 fully saturated rings. The first kappa shape index (κ1) is 10.2. The Morgan fingerprint density at radius 1 is 1.20 bits per heavy atom. The van der Waals surface area contributed by atoms with Gasteiger partial charge in [0.2, 0.25) is 0 Å². The second kappa shape index (κ2) is 4.97. The van der Waals surface area contributed by atoms with Gasteiger partial charge in [0.1, 0.15) is 0 Å². The van der Waals surface area contributed by atoms with E-state index in [2.05, 4.69) is 49.1 Å². The van der Waals surface area contributed by atoms with Gasteiger partial charge in [-0.1, -0.05) is 0 Å². The lowest BCUT2D eigenvalue weighted by molar-refractivity contribution is 0.600. The maximum Gasteiger partial charge on any atom is 0.339 e. The molecule has 0 aliphatic carbocycles. The van der Waals surface area contributed by atoms with Gasteiger partial charge in [-0.2, -0.15) is 15.4 Å². The van der Waals surface area contributed by atoms with Crippen molar-refractivity contribution >= 4 is 38.9 Å². The Morgan fingerprint density at radius 2 is 1.50 bits per heavy atom. The zero-order chi connectivity index (χ0) is 8.04. The van der Waals surface area contributed by atoms with E-state index in [1.54, 1.807) is 12.4 Å². The van der Waals surface area contributed by atoms with E-state index in [1.165, 1.54) is 0 Å². The van der Waals surface area contributed by atoms with Crippen LogP contribution in [0.1, 0.15) is 0 Å². The molecular formula is C2H3Cl3N3OP. The summed E-state index contributed by atoms with van der Waals surface area (Å²) in [6, 6.07) is 0. The van der Waals surface area contributed by atoms with E-state index in [4.69, 9.17) is 0 Å². The first-order valence-electron chi connectivity index (χ1n) is 1.99. The summed E-state index contributed by atoms with van der Waals surface area (Å²) in [5.74, 6) is 0. The lowest BCUT2D eigenvalue weighted by Crippen LogP contribution is -1.61. The smallest absolute Gasteiger partial charge is 0.271 e. The second-order valence-corrected chi connectivity index (χ2v) is 7.69. The van der Waals surface area contributed by atoms with Crippen molar-refractivity contribution in [1.82, 2.24) is 15.4 Å². The minimum absolute atomic E-state index is 1.58. The first-order valence-corrected chi connectivity index (χ1v) is 6.41. The van der Waals surface area contributed by atoms with Gasteiger partial charge in [0.15, 0.2) is 0 Å². The average Bonchev–Trinajstić information content (AvgIpc) is 2.07. The Hall–Kier alpha value is 0.240. The number of aromatic nitrogens is 3. The van der Waals surface area contributed by atoms with Gasteiger partial charge in [0.25, 0.3) is 0 Å². The number of nitrogens with one attached hydrogen (secondary N) is 1. The Bertz CT molecular complexity index is 170. The topological polar surface area (TPSA) is 58.6 Å². The molecular weight excluding hydrogens is 219 g/mol. The molecule has 0 aliphatic rings. The van der Waals surface area contributed by atoms with Crippen LogP contribution in [-0.4, -0.2) is 15.4 Å². The fourth-order valence-corrected chi connectivity index (χ4v) is 0.167. The number of nitrogens with zero attached hydrogens (tertiary/aromatic N) is 2. The van der Waals surface area contributed by atoms with Gasteiger partial charge in [-0.15, -0.1) is 0 Å². The Balaban J connectivity index is 0.000000162. The summed E-state index contributed by atoms with van der Waals surface area (Å²) in [4.78, 5) is 0. The van der Waals surface area contributed by atoms with Gasteiger partial charge < -0.3 is 0 Å². The molecule has 1 aromatic rings. The van der Waals surface area contributed by atoms with Crippen LogP contribution in [0.15, 0.2) is 12.4 Å². The third kappa shape index (κ3) is 15.7. The Morgan fingerprint density at radius 3 is 1.60 bits per heavy atom. The summed E-state index contributed by atoms with van der Waals surface area (Å²) in [6.45, 7) is 0. The summed E-state index contributed by atoms with van der Waals surface area (Å²) in [5, 5.41) is 6.11. The minimum Gasteiger partial charge on any atom is -0.271 e. The zero-order valence-corrected chi connectivity index (χ0v) is 7.70. The van der Waals surface area contributed by atoms with Crippen LogP contribution < -0.4 is 0 Å². The summed E-state index contributed by atoms with van der Waals surface area (Å²) < 4.78 is 9.51. The maximum absolute atomic E-state index is 9.51. The number of H-pyrrole nitrogens is 1. The normalized spacial score (nSPS) is 9.90. The SMILES string of the molecule is O=P(Cl)(Cl)Cl.c1cn[nH]n1. The van der Waals surface area contributed by atoms with Crippen LogP contribution in [0.3, 0.4) is 0 Å². The molecule has 0 radical (unpaired) electrons. The van der Waals surface area contributed by atoms with Crippen LogP contribution in [-0.2, 0) is 4.57 Å². The largest absolute Gasteiger partial charge is 0.339 e. The fraction of sp³-hybridized carbons (Fsp3) is 0. The molecule has 0 aromatic carbocycles. The van der Waals surface area contributed by atoms with Crippen molar-refractivity contribution in [2.45, 2.75) is 0 Å². The number of aromatic amines is 1. The molecule has 0 amide bonds. The number of hydrogen-bond acceptors (Lipinski definition) is 3. The highest BCUT2D eigenvalue weighted by atomic mass is 36.0. The molecule has 0 spiro atoms. The molecule has 1 N–H and O–H groups in total. The molecule has 0 atom stereocenters. The van der Waals surface area contributed by atoms with Crippen molar-refractivity contribution in [3.8, 4) is 0 Å². The van der Waals surface area contributed by atoms with E-state index in [9.17, 15) is 4.57 Å². The predicted molar refractivity (Wildman–Crippen MR) is 41.5 cm³/mol. The molecule has 4 nitrogen and oxygen atoms in total. The predicted octanol–water partition coefficient (Wildman–Crippen LogP) is 2.62. The molecule has 8 heteroatoms. The standard InChI is InChI=1S/C2H3N3.Cl3OP/c1-2-4-5-3-1;1-5(2,3)4/h1-2H,(H,3,4,5);. The van der Waals surface area contributed by atoms with Gasteiger partial charge in [-0.05, 0) is 33.7 Å². The van der Waals surface area contributed by atoms with Crippen molar-refractivity contribution in [2.24, 2.45) is 0 Å². The maximum atomic E-state index is 9.51. The summed E-state index contributed by atoms with van der Waals surface area (Å²) in [7, 11) is 0. The Labute approximate surface area is 71.6 Å². The van der Waals surface area contributed by atoms with E-state index < -0.39 is 5.20 Å². The van der Waals surface area contributed by atoms with Crippen LogP contribution in [0.5, 0.6) is 0 Å². The highest BCUT2D eigenvalue weighted by Crippen LogP contribution is 2.61. The fourth-order valence-electron chi connectivity index (χ4n) is 0.167. The molecule has 1 aromatic heterocycles. The van der Waals surface area contributed by atoms with E-state index in [0.29, 0.717) is 0 Å². The van der Waals surface area contributed by atoms with Crippen molar-refractivity contribution in [1.29, 1.82) is 0 Å². The minimum atomic E-state index is -3.22. The molecule has 58 valence electrons. The molecule has 0 bridgehead atoms. The van der Waals surface area contributed by atoms with E-state index in [-0.39, 0.29) is 0 Å². The summed E-state index contributed by atoms with van der Waals surface area (Å²) >= 11 is 13.8. The molecule has 1 heterocycles. The van der Waals surface area contributed by atoms with Crippen LogP contribution in [0.2, 0.25) is 0 Å². The van der Waals surface area contributed by atoms with Gasteiger partial charge in [0, 0.05) is 0 Å². The van der Waals surface area contributed by atoms with Gasteiger partial charge in [-0.25, -0.2) is 0 Å². The van der Waals surface area contributed by atoms with Crippen LogP contribution in [0.25, 0.3) is 0 Å². The van der Waals surface area contributed by atoms with E-state index in [0.717, 1.165) is 0 Å². The summed E-state index contributed by atoms with van der Waals surface area (Å²) in [5.41, 5.74) is 0. The lowest BCUT2D eigenvalue weighted by atomic mass is 11.0. The molecule has 0 saturated heterocycles. The van der Waals surface area contributed by atoms with Crippen molar-refractivity contribution < 1.29 is 4.57 Å².